The molecule has 0 atom stereocenters. The number of amides is 1. The zero-order valence-corrected chi connectivity index (χ0v) is 13.0. The van der Waals surface area contributed by atoms with Gasteiger partial charge in [-0.25, -0.2) is 12.8 Å². The summed E-state index contributed by atoms with van der Waals surface area (Å²) in [7, 11) is 1.17. The third-order valence-corrected chi connectivity index (χ3v) is 5.22. The Hall–Kier alpha value is -0.660. The van der Waals surface area contributed by atoms with E-state index in [9.17, 15) is 17.6 Å². The summed E-state index contributed by atoms with van der Waals surface area (Å²) in [5.41, 5.74) is -0.660. The van der Waals surface area contributed by atoms with Crippen LogP contribution < -0.4 is 5.32 Å². The molecule has 0 radical (unpaired) electrons. The first kappa shape index (κ1) is 14.7. The average molecular weight is 371 g/mol. The third-order valence-electron chi connectivity index (χ3n) is 2.94. The molecule has 4 nitrogen and oxygen atoms in total. The Morgan fingerprint density at radius 1 is 1.47 bits per heavy atom. The molecule has 0 saturated heterocycles. The second-order valence-electron chi connectivity index (χ2n) is 4.72. The molecule has 0 aliphatic heterocycles. The summed E-state index contributed by atoms with van der Waals surface area (Å²) >= 11 is 2.90. The van der Waals surface area contributed by atoms with Gasteiger partial charge in [0.25, 0.3) is 15.0 Å². The van der Waals surface area contributed by atoms with E-state index in [-0.39, 0.29) is 20.5 Å². The van der Waals surface area contributed by atoms with E-state index in [0.717, 1.165) is 25.0 Å². The van der Waals surface area contributed by atoms with Crippen LogP contribution in [0, 0.1) is 5.82 Å². The van der Waals surface area contributed by atoms with Crippen molar-refractivity contribution in [1.29, 1.82) is 0 Å². The summed E-state index contributed by atoms with van der Waals surface area (Å²) in [6.45, 7) is 1.83. The maximum Gasteiger partial charge on any atom is 0.262 e. The number of rotatable bonds is 3. The predicted molar refractivity (Wildman–Crippen MR) is 72.2 cm³/mol. The van der Waals surface area contributed by atoms with E-state index >= 15 is 0 Å². The van der Waals surface area contributed by atoms with Crippen molar-refractivity contribution in [2.45, 2.75) is 30.2 Å². The summed E-state index contributed by atoms with van der Waals surface area (Å²) < 4.78 is 36.4. The molecule has 1 amide bonds. The first-order valence-electron chi connectivity index (χ1n) is 5.39. The number of nitrogens with one attached hydrogen (secondary N) is 1. The fraction of sp³-hybridized carbons (Fsp3) is 0.364. The lowest BCUT2D eigenvalue weighted by Gasteiger charge is -2.13. The lowest BCUT2D eigenvalue weighted by atomic mass is 10.2. The molecule has 0 spiro atoms. The summed E-state index contributed by atoms with van der Waals surface area (Å²) in [4.78, 5) is 11.6. The largest absolute Gasteiger partial charge is 0.347 e. The highest BCUT2D eigenvalue weighted by Crippen LogP contribution is 2.35. The van der Waals surface area contributed by atoms with Gasteiger partial charge in [-0.1, -0.05) is 0 Å². The van der Waals surface area contributed by atoms with Crippen molar-refractivity contribution < 1.29 is 17.6 Å². The Balaban J connectivity index is 2.43. The van der Waals surface area contributed by atoms with Crippen molar-refractivity contribution in [1.82, 2.24) is 5.32 Å². The lowest BCUT2D eigenvalue weighted by molar-refractivity contribution is 0.0931. The molecule has 0 bridgehead atoms. The van der Waals surface area contributed by atoms with Gasteiger partial charge in [-0.3, -0.25) is 4.79 Å². The van der Waals surface area contributed by atoms with Gasteiger partial charge in [0.2, 0.25) is 0 Å². The van der Waals surface area contributed by atoms with Crippen LogP contribution in [-0.2, 0) is 9.05 Å². The summed E-state index contributed by atoms with van der Waals surface area (Å²) in [5, 5.41) is 2.65. The van der Waals surface area contributed by atoms with Crippen LogP contribution in [0.15, 0.2) is 21.5 Å². The second kappa shape index (κ2) is 4.71. The van der Waals surface area contributed by atoms with Crippen LogP contribution in [0.4, 0.5) is 4.39 Å². The van der Waals surface area contributed by atoms with Gasteiger partial charge in [0.05, 0.1) is 10.5 Å². The molecule has 104 valence electrons. The minimum atomic E-state index is -4.06. The molecule has 1 aromatic rings. The highest BCUT2D eigenvalue weighted by molar-refractivity contribution is 9.10. The number of hydrogen-bond acceptors (Lipinski definition) is 3. The van der Waals surface area contributed by atoms with Gasteiger partial charge in [0.1, 0.15) is 5.82 Å². The Morgan fingerprint density at radius 3 is 2.53 bits per heavy atom. The maximum absolute atomic E-state index is 13.7. The van der Waals surface area contributed by atoms with Crippen molar-refractivity contribution in [3.8, 4) is 0 Å². The minimum Gasteiger partial charge on any atom is -0.347 e. The minimum absolute atomic E-state index is 0.0193. The highest BCUT2D eigenvalue weighted by atomic mass is 79.9. The van der Waals surface area contributed by atoms with Crippen LogP contribution in [0.3, 0.4) is 0 Å². The molecule has 1 N–H and O–H groups in total. The molecule has 1 aromatic carbocycles. The fourth-order valence-corrected chi connectivity index (χ4v) is 3.71. The zero-order chi connectivity index (χ0) is 14.4. The number of carbonyl (C=O) groups is 1. The molecular formula is C11H10BrClFNO3S. The standard InChI is InChI=1S/C11H10BrClFNO3S/c1-11(2-3-11)15-10(16)6-4-9(19(13,17)18)7(12)5-8(6)14/h4-5H,2-3H2,1H3,(H,15,16). The van der Waals surface area contributed by atoms with Crippen LogP contribution in [0.25, 0.3) is 0 Å². The van der Waals surface area contributed by atoms with Gasteiger partial charge >= 0.3 is 0 Å². The molecule has 8 heteroatoms. The van der Waals surface area contributed by atoms with Gasteiger partial charge in [-0.15, -0.1) is 0 Å². The molecule has 19 heavy (non-hydrogen) atoms. The first-order valence-corrected chi connectivity index (χ1v) is 8.49. The topological polar surface area (TPSA) is 63.2 Å². The van der Waals surface area contributed by atoms with Crippen LogP contribution in [0.5, 0.6) is 0 Å². The molecule has 1 aliphatic rings. The molecule has 1 saturated carbocycles. The van der Waals surface area contributed by atoms with E-state index in [1.807, 2.05) is 6.92 Å². The van der Waals surface area contributed by atoms with Crippen LogP contribution in [0.2, 0.25) is 0 Å². The van der Waals surface area contributed by atoms with E-state index in [1.54, 1.807) is 0 Å². The van der Waals surface area contributed by atoms with Gasteiger partial charge in [0, 0.05) is 20.7 Å². The Morgan fingerprint density at radius 2 is 2.05 bits per heavy atom. The van der Waals surface area contributed by atoms with Gasteiger partial charge in [-0.05, 0) is 47.8 Å². The van der Waals surface area contributed by atoms with E-state index in [2.05, 4.69) is 21.2 Å². The van der Waals surface area contributed by atoms with Gasteiger partial charge in [-0.2, -0.15) is 0 Å². The Kier molecular flexibility index (Phi) is 3.66. The predicted octanol–water partition coefficient (Wildman–Crippen LogP) is 2.80. The highest BCUT2D eigenvalue weighted by Gasteiger charge is 2.39. The SMILES string of the molecule is CC1(NC(=O)c2cc(S(=O)(=O)Cl)c(Br)cc2F)CC1. The number of halogens is 3. The average Bonchev–Trinajstić information content (AvgIpc) is 2.93. The van der Waals surface area contributed by atoms with Crippen LogP contribution >= 0.6 is 26.6 Å². The van der Waals surface area contributed by atoms with Gasteiger partial charge in [0.15, 0.2) is 0 Å². The van der Waals surface area contributed by atoms with Gasteiger partial charge < -0.3 is 5.32 Å². The first-order chi connectivity index (χ1) is 8.62. The number of benzene rings is 1. The molecule has 1 aliphatic carbocycles. The van der Waals surface area contributed by atoms with E-state index in [1.165, 1.54) is 0 Å². The van der Waals surface area contributed by atoms with Crippen LogP contribution in [-0.4, -0.2) is 19.9 Å². The van der Waals surface area contributed by atoms with E-state index in [0.29, 0.717) is 0 Å². The normalized spacial score (nSPS) is 17.1. The lowest BCUT2D eigenvalue weighted by Crippen LogP contribution is -2.34. The quantitative estimate of drug-likeness (QED) is 0.832. The number of carbonyl (C=O) groups excluding carboxylic acids is 1. The van der Waals surface area contributed by atoms with Crippen molar-refractivity contribution in [3.63, 3.8) is 0 Å². The summed E-state index contributed by atoms with van der Waals surface area (Å²) in [6.07, 6.45) is 1.63. The summed E-state index contributed by atoms with van der Waals surface area (Å²) in [6, 6.07) is 1.85. The fourth-order valence-electron chi connectivity index (χ4n) is 1.54. The number of hydrogen-bond donors (Lipinski definition) is 1. The summed E-state index contributed by atoms with van der Waals surface area (Å²) in [5.74, 6) is -1.45. The van der Waals surface area contributed by atoms with Crippen LogP contribution in [0.1, 0.15) is 30.1 Å². The Bertz CT molecular complexity index is 658. The second-order valence-corrected chi connectivity index (χ2v) is 8.10. The monoisotopic (exact) mass is 369 g/mol. The molecule has 1 fully saturated rings. The molecule has 0 heterocycles. The maximum atomic E-state index is 13.7. The molecule has 0 aromatic heterocycles. The van der Waals surface area contributed by atoms with Crippen molar-refractivity contribution in [2.75, 3.05) is 0 Å². The molecule has 0 unspecified atom stereocenters. The van der Waals surface area contributed by atoms with E-state index < -0.39 is 20.8 Å². The van der Waals surface area contributed by atoms with Crippen molar-refractivity contribution in [2.24, 2.45) is 0 Å². The smallest absolute Gasteiger partial charge is 0.262 e. The third kappa shape index (κ3) is 3.27. The van der Waals surface area contributed by atoms with E-state index in [4.69, 9.17) is 10.7 Å². The molecular weight excluding hydrogens is 361 g/mol. The molecule has 2 rings (SSSR count). The zero-order valence-electron chi connectivity index (χ0n) is 9.84. The van der Waals surface area contributed by atoms with Crippen molar-refractivity contribution in [3.05, 3.63) is 28.0 Å². The van der Waals surface area contributed by atoms with Crippen molar-refractivity contribution >= 4 is 41.6 Å². The Labute approximate surface area is 122 Å².